The molecule has 1 aromatic heterocycles. The Morgan fingerprint density at radius 1 is 0.909 bits per heavy atom. The van der Waals surface area contributed by atoms with Crippen LogP contribution in [0.5, 0.6) is 0 Å². The van der Waals surface area contributed by atoms with Gasteiger partial charge in [-0.2, -0.15) is 0 Å². The summed E-state index contributed by atoms with van der Waals surface area (Å²) in [4.78, 5) is 32.3. The Morgan fingerprint density at radius 2 is 1.70 bits per heavy atom. The molecule has 1 heterocycles. The van der Waals surface area contributed by atoms with E-state index in [4.69, 9.17) is 0 Å². The number of hydrogen-bond acceptors (Lipinski definition) is 3. The van der Waals surface area contributed by atoms with Gasteiger partial charge in [0.05, 0.1) is 6.54 Å². The predicted molar refractivity (Wildman–Crippen MR) is 136 cm³/mol. The molecule has 6 heteroatoms. The lowest BCUT2D eigenvalue weighted by atomic mass is 10.2. The first-order valence-electron chi connectivity index (χ1n) is 11.4. The second-order valence-corrected chi connectivity index (χ2v) is 9.69. The molecule has 3 amide bonds. The number of carbonyl (C=O) groups is 2. The van der Waals surface area contributed by atoms with Crippen molar-refractivity contribution in [3.63, 3.8) is 0 Å². The SMILES string of the molecule is CCCCN(CC(=O)N(Cc1ccccc1)Cc1ccc(C)s1)C(=O)Nc1cccc(C)c1. The van der Waals surface area contributed by atoms with E-state index >= 15 is 0 Å². The average Bonchev–Trinajstić information content (AvgIpc) is 3.21. The van der Waals surface area contributed by atoms with Gasteiger partial charge in [-0.3, -0.25) is 4.79 Å². The van der Waals surface area contributed by atoms with Crippen LogP contribution in [0.3, 0.4) is 0 Å². The number of amides is 3. The molecular weight excluding hydrogens is 430 g/mol. The Morgan fingerprint density at radius 3 is 2.36 bits per heavy atom. The zero-order chi connectivity index (χ0) is 23.6. The zero-order valence-electron chi connectivity index (χ0n) is 19.7. The van der Waals surface area contributed by atoms with Gasteiger partial charge in [-0.25, -0.2) is 4.79 Å². The van der Waals surface area contributed by atoms with Crippen molar-refractivity contribution < 1.29 is 9.59 Å². The van der Waals surface area contributed by atoms with Crippen LogP contribution in [0.15, 0.2) is 66.7 Å². The van der Waals surface area contributed by atoms with Gasteiger partial charge in [0, 0.05) is 28.5 Å². The monoisotopic (exact) mass is 463 g/mol. The van der Waals surface area contributed by atoms with Gasteiger partial charge in [-0.15, -0.1) is 11.3 Å². The van der Waals surface area contributed by atoms with Crippen molar-refractivity contribution in [2.45, 2.75) is 46.7 Å². The topological polar surface area (TPSA) is 52.7 Å². The van der Waals surface area contributed by atoms with Crippen molar-refractivity contribution in [3.8, 4) is 0 Å². The minimum Gasteiger partial charge on any atom is -0.332 e. The van der Waals surface area contributed by atoms with Gasteiger partial charge in [0.15, 0.2) is 0 Å². The van der Waals surface area contributed by atoms with E-state index in [9.17, 15) is 9.59 Å². The number of benzene rings is 2. The summed E-state index contributed by atoms with van der Waals surface area (Å²) in [6.07, 6.45) is 1.79. The van der Waals surface area contributed by atoms with Gasteiger partial charge in [0.1, 0.15) is 6.54 Å². The third kappa shape index (κ3) is 7.75. The Labute approximate surface area is 201 Å². The molecule has 0 spiro atoms. The van der Waals surface area contributed by atoms with Gasteiger partial charge in [0.2, 0.25) is 5.91 Å². The third-order valence-electron chi connectivity index (χ3n) is 5.38. The van der Waals surface area contributed by atoms with Crippen LogP contribution < -0.4 is 5.32 Å². The summed E-state index contributed by atoms with van der Waals surface area (Å²) in [5, 5.41) is 2.96. The van der Waals surface area contributed by atoms with Crippen molar-refractivity contribution in [3.05, 3.63) is 87.6 Å². The van der Waals surface area contributed by atoms with Crippen LogP contribution in [-0.4, -0.2) is 34.8 Å². The molecular formula is C27H33N3O2S. The second-order valence-electron chi connectivity index (χ2n) is 8.32. The molecule has 0 unspecified atom stereocenters. The fourth-order valence-corrected chi connectivity index (χ4v) is 4.49. The first-order chi connectivity index (χ1) is 15.9. The predicted octanol–water partition coefficient (Wildman–Crippen LogP) is 6.23. The van der Waals surface area contributed by atoms with Crippen LogP contribution in [0.2, 0.25) is 0 Å². The summed E-state index contributed by atoms with van der Waals surface area (Å²) in [5.41, 5.74) is 2.89. The van der Waals surface area contributed by atoms with Gasteiger partial charge in [-0.1, -0.05) is 55.8 Å². The summed E-state index contributed by atoms with van der Waals surface area (Å²) in [6.45, 7) is 7.78. The summed E-state index contributed by atoms with van der Waals surface area (Å²) in [5.74, 6) is -0.0552. The molecule has 0 atom stereocenters. The van der Waals surface area contributed by atoms with Crippen molar-refractivity contribution in [1.29, 1.82) is 0 Å². The van der Waals surface area contributed by atoms with Crippen LogP contribution in [0.25, 0.3) is 0 Å². The maximum absolute atomic E-state index is 13.5. The molecule has 174 valence electrons. The molecule has 33 heavy (non-hydrogen) atoms. The zero-order valence-corrected chi connectivity index (χ0v) is 20.5. The lowest BCUT2D eigenvalue weighted by Gasteiger charge is -2.28. The normalized spacial score (nSPS) is 10.6. The van der Waals surface area contributed by atoms with E-state index in [1.807, 2.05) is 66.4 Å². The van der Waals surface area contributed by atoms with Crippen LogP contribution in [0, 0.1) is 13.8 Å². The van der Waals surface area contributed by atoms with Crippen molar-refractivity contribution >= 4 is 29.0 Å². The summed E-state index contributed by atoms with van der Waals surface area (Å²) < 4.78 is 0. The summed E-state index contributed by atoms with van der Waals surface area (Å²) >= 11 is 1.70. The third-order valence-corrected chi connectivity index (χ3v) is 6.36. The Kier molecular flexibility index (Phi) is 9.07. The first kappa shape index (κ1) is 24.5. The van der Waals surface area contributed by atoms with Crippen molar-refractivity contribution in [2.24, 2.45) is 0 Å². The lowest BCUT2D eigenvalue weighted by Crippen LogP contribution is -2.44. The number of aryl methyl sites for hydroxylation is 2. The molecule has 0 bridgehead atoms. The van der Waals surface area contributed by atoms with Crippen LogP contribution in [0.1, 0.15) is 40.6 Å². The molecule has 0 aliphatic rings. The van der Waals surface area contributed by atoms with Crippen LogP contribution >= 0.6 is 11.3 Å². The molecule has 0 radical (unpaired) electrons. The van der Waals surface area contributed by atoms with E-state index < -0.39 is 0 Å². The first-order valence-corrected chi connectivity index (χ1v) is 12.3. The van der Waals surface area contributed by atoms with E-state index in [-0.39, 0.29) is 18.5 Å². The number of thiophene rings is 1. The number of nitrogens with zero attached hydrogens (tertiary/aromatic N) is 2. The van der Waals surface area contributed by atoms with Crippen molar-refractivity contribution in [2.75, 3.05) is 18.4 Å². The largest absolute Gasteiger partial charge is 0.332 e. The van der Waals surface area contributed by atoms with E-state index in [0.717, 1.165) is 34.5 Å². The highest BCUT2D eigenvalue weighted by atomic mass is 32.1. The lowest BCUT2D eigenvalue weighted by molar-refractivity contribution is -0.133. The minimum absolute atomic E-state index is 0.0504. The van der Waals surface area contributed by atoms with Crippen LogP contribution in [-0.2, 0) is 17.9 Å². The maximum Gasteiger partial charge on any atom is 0.322 e. The number of urea groups is 1. The van der Waals surface area contributed by atoms with Gasteiger partial charge in [-0.05, 0) is 55.7 Å². The van der Waals surface area contributed by atoms with E-state index in [1.165, 1.54) is 4.88 Å². The summed E-state index contributed by atoms with van der Waals surface area (Å²) in [6, 6.07) is 21.6. The summed E-state index contributed by atoms with van der Waals surface area (Å²) in [7, 11) is 0. The molecule has 0 fully saturated rings. The fraction of sp³-hybridized carbons (Fsp3) is 0.333. The van der Waals surface area contributed by atoms with Gasteiger partial charge in [0.25, 0.3) is 0 Å². The van der Waals surface area contributed by atoms with E-state index in [1.54, 1.807) is 16.2 Å². The van der Waals surface area contributed by atoms with E-state index in [2.05, 4.69) is 31.3 Å². The maximum atomic E-state index is 13.5. The molecule has 2 aromatic carbocycles. The number of rotatable bonds is 10. The number of hydrogen-bond donors (Lipinski definition) is 1. The number of carbonyl (C=O) groups excluding carboxylic acids is 2. The average molecular weight is 464 g/mol. The van der Waals surface area contributed by atoms with Gasteiger partial charge < -0.3 is 15.1 Å². The molecule has 0 saturated carbocycles. The molecule has 0 saturated heterocycles. The second kappa shape index (κ2) is 12.2. The van der Waals surface area contributed by atoms with Crippen LogP contribution in [0.4, 0.5) is 10.5 Å². The number of unbranched alkanes of at least 4 members (excludes halogenated alkanes) is 1. The highest BCUT2D eigenvalue weighted by Crippen LogP contribution is 2.19. The minimum atomic E-state index is -0.242. The molecule has 0 aliphatic heterocycles. The molecule has 3 rings (SSSR count). The molecule has 0 aliphatic carbocycles. The highest BCUT2D eigenvalue weighted by molar-refractivity contribution is 7.11. The fourth-order valence-electron chi connectivity index (χ4n) is 3.58. The number of anilines is 1. The highest BCUT2D eigenvalue weighted by Gasteiger charge is 2.22. The Bertz CT molecular complexity index is 1050. The van der Waals surface area contributed by atoms with E-state index in [0.29, 0.717) is 19.6 Å². The smallest absolute Gasteiger partial charge is 0.322 e. The Balaban J connectivity index is 1.75. The molecule has 3 aromatic rings. The molecule has 5 nitrogen and oxygen atoms in total. The Hall–Kier alpha value is -3.12. The quantitative estimate of drug-likeness (QED) is 0.388. The molecule has 1 N–H and O–H groups in total. The van der Waals surface area contributed by atoms with Crippen molar-refractivity contribution in [1.82, 2.24) is 9.80 Å². The van der Waals surface area contributed by atoms with Gasteiger partial charge >= 0.3 is 6.03 Å². The number of nitrogens with one attached hydrogen (secondary N) is 1. The standard InChI is InChI=1S/C27H33N3O2S/c1-4-5-16-29(27(32)28-24-13-9-10-21(2)17-24)20-26(31)30(18-23-11-7-6-8-12-23)19-25-15-14-22(3)33-25/h6-15,17H,4-5,16,18-20H2,1-3H3,(H,28,32).